The topological polar surface area (TPSA) is 78.9 Å². The Morgan fingerprint density at radius 3 is 0.873 bits per heavy atom. The van der Waals surface area contributed by atoms with Crippen molar-refractivity contribution in [1.82, 2.24) is 0 Å². The molecule has 0 aliphatic heterocycles. The lowest BCUT2D eigenvalue weighted by Gasteiger charge is -2.18. The molecule has 0 saturated heterocycles. The highest BCUT2D eigenvalue weighted by Gasteiger charge is 2.19. The Morgan fingerprint density at radius 1 is 0.296 bits per heavy atom. The van der Waals surface area contributed by atoms with E-state index in [1.807, 2.05) is 0 Å². The van der Waals surface area contributed by atoms with Crippen LogP contribution in [0.3, 0.4) is 0 Å². The van der Waals surface area contributed by atoms with Crippen LogP contribution in [0.2, 0.25) is 0 Å². The average molecular weight is 988 g/mol. The molecule has 0 spiro atoms. The molecule has 0 radical (unpaired) electrons. The first-order valence-corrected chi connectivity index (χ1v) is 29.7. The van der Waals surface area contributed by atoms with Gasteiger partial charge in [0.05, 0.1) is 0 Å². The number of ether oxygens (including phenoxy) is 3. The lowest BCUT2D eigenvalue weighted by Crippen LogP contribution is -2.30. The first kappa shape index (κ1) is 67.3. The molecule has 0 aromatic carbocycles. The molecule has 0 aromatic heterocycles. The van der Waals surface area contributed by atoms with Crippen LogP contribution < -0.4 is 0 Å². The Labute approximate surface area is 438 Å². The van der Waals surface area contributed by atoms with Crippen LogP contribution in [0.4, 0.5) is 0 Å². The maximum Gasteiger partial charge on any atom is 0.306 e. The Kier molecular flexibility index (Phi) is 55.9. The van der Waals surface area contributed by atoms with E-state index in [0.717, 1.165) is 128 Å². The van der Waals surface area contributed by atoms with Crippen molar-refractivity contribution in [2.45, 2.75) is 284 Å². The summed E-state index contributed by atoms with van der Waals surface area (Å²) in [6.07, 6.45) is 78.3. The van der Waals surface area contributed by atoms with Gasteiger partial charge < -0.3 is 14.2 Å². The van der Waals surface area contributed by atoms with Gasteiger partial charge in [-0.25, -0.2) is 0 Å². The molecular weight excluding hydrogens is 877 g/mol. The van der Waals surface area contributed by atoms with Crippen molar-refractivity contribution < 1.29 is 28.6 Å². The van der Waals surface area contributed by atoms with Gasteiger partial charge in [-0.3, -0.25) is 14.4 Å². The first-order valence-electron chi connectivity index (χ1n) is 29.7. The molecule has 71 heavy (non-hydrogen) atoms. The highest BCUT2D eigenvalue weighted by Crippen LogP contribution is 2.15. The summed E-state index contributed by atoms with van der Waals surface area (Å²) in [6, 6.07) is 0. The standard InChI is InChI=1S/C65H110O6/c1-4-7-10-13-16-19-22-24-26-28-29-30-31-32-33-34-35-36-37-38-40-41-43-46-49-52-55-58-64(67)70-61-62(60-69-63(66)57-54-51-48-45-21-18-15-12-9-6-3)71-65(68)59-56-53-50-47-44-42-39-27-25-23-20-17-14-11-8-5-2/h7,10,16,19-20,23-24,26-27,29-30,32-33,35-36,39,62H,4-6,8-9,11-15,17-18,21-22,25,28,31,34,37-38,40-61H2,1-3H3/b10-7-,19-16-,23-20-,26-24-,30-29-,33-32-,36-35-,39-27-. The van der Waals surface area contributed by atoms with Crippen molar-refractivity contribution in [3.63, 3.8) is 0 Å². The summed E-state index contributed by atoms with van der Waals surface area (Å²) >= 11 is 0. The minimum atomic E-state index is -0.787. The number of hydrogen-bond acceptors (Lipinski definition) is 6. The third kappa shape index (κ3) is 57.1. The molecule has 0 amide bonds. The Balaban J connectivity index is 4.29. The monoisotopic (exact) mass is 987 g/mol. The summed E-state index contributed by atoms with van der Waals surface area (Å²) in [5.74, 6) is -0.904. The largest absolute Gasteiger partial charge is 0.462 e. The van der Waals surface area contributed by atoms with Crippen LogP contribution in [0.5, 0.6) is 0 Å². The van der Waals surface area contributed by atoms with E-state index in [1.165, 1.54) is 109 Å². The summed E-state index contributed by atoms with van der Waals surface area (Å²) in [7, 11) is 0. The van der Waals surface area contributed by atoms with E-state index >= 15 is 0 Å². The number of carbonyl (C=O) groups is 3. The second-order valence-electron chi connectivity index (χ2n) is 19.5. The summed E-state index contributed by atoms with van der Waals surface area (Å²) < 4.78 is 16.8. The highest BCUT2D eigenvalue weighted by atomic mass is 16.6. The van der Waals surface area contributed by atoms with E-state index in [2.05, 4.69) is 118 Å². The second kappa shape index (κ2) is 58.9. The van der Waals surface area contributed by atoms with Crippen molar-refractivity contribution in [2.75, 3.05) is 13.2 Å². The van der Waals surface area contributed by atoms with Gasteiger partial charge in [0.1, 0.15) is 13.2 Å². The van der Waals surface area contributed by atoms with Crippen LogP contribution in [0, 0.1) is 0 Å². The van der Waals surface area contributed by atoms with Gasteiger partial charge in [0.25, 0.3) is 0 Å². The molecule has 0 aromatic rings. The number of rotatable bonds is 53. The molecule has 0 aliphatic carbocycles. The third-order valence-corrected chi connectivity index (χ3v) is 12.6. The van der Waals surface area contributed by atoms with E-state index in [4.69, 9.17) is 14.2 Å². The summed E-state index contributed by atoms with van der Waals surface area (Å²) in [4.78, 5) is 38.1. The second-order valence-corrected chi connectivity index (χ2v) is 19.5. The summed E-state index contributed by atoms with van der Waals surface area (Å²) in [5, 5.41) is 0. The van der Waals surface area contributed by atoms with Crippen molar-refractivity contribution in [2.24, 2.45) is 0 Å². The van der Waals surface area contributed by atoms with Gasteiger partial charge in [-0.1, -0.05) is 253 Å². The van der Waals surface area contributed by atoms with Crippen LogP contribution in [0.1, 0.15) is 278 Å². The molecule has 406 valence electrons. The van der Waals surface area contributed by atoms with Crippen molar-refractivity contribution in [1.29, 1.82) is 0 Å². The fourth-order valence-electron chi connectivity index (χ4n) is 8.12. The van der Waals surface area contributed by atoms with Crippen LogP contribution in [0.25, 0.3) is 0 Å². The van der Waals surface area contributed by atoms with Gasteiger partial charge in [-0.2, -0.15) is 0 Å². The zero-order valence-corrected chi connectivity index (χ0v) is 46.5. The van der Waals surface area contributed by atoms with Gasteiger partial charge in [-0.05, 0) is 103 Å². The molecule has 0 rings (SSSR count). The van der Waals surface area contributed by atoms with Crippen LogP contribution in [0.15, 0.2) is 97.2 Å². The zero-order chi connectivity index (χ0) is 51.4. The molecule has 0 aliphatic rings. The van der Waals surface area contributed by atoms with Gasteiger partial charge >= 0.3 is 17.9 Å². The van der Waals surface area contributed by atoms with E-state index in [1.54, 1.807) is 0 Å². The van der Waals surface area contributed by atoms with Crippen molar-refractivity contribution in [3.05, 3.63) is 97.2 Å². The Hall–Kier alpha value is -3.67. The minimum absolute atomic E-state index is 0.0841. The zero-order valence-electron chi connectivity index (χ0n) is 46.5. The number of hydrogen-bond donors (Lipinski definition) is 0. The lowest BCUT2D eigenvalue weighted by molar-refractivity contribution is -0.167. The fourth-order valence-corrected chi connectivity index (χ4v) is 8.12. The number of unbranched alkanes of at least 4 members (excludes halogenated alkanes) is 26. The molecule has 0 fully saturated rings. The molecule has 0 saturated carbocycles. The van der Waals surface area contributed by atoms with Crippen LogP contribution in [-0.2, 0) is 28.6 Å². The van der Waals surface area contributed by atoms with Crippen molar-refractivity contribution in [3.8, 4) is 0 Å². The van der Waals surface area contributed by atoms with Gasteiger partial charge in [-0.15, -0.1) is 0 Å². The highest BCUT2D eigenvalue weighted by molar-refractivity contribution is 5.71. The van der Waals surface area contributed by atoms with E-state index < -0.39 is 6.10 Å². The Bertz CT molecular complexity index is 1410. The summed E-state index contributed by atoms with van der Waals surface area (Å²) in [6.45, 7) is 6.49. The number of carbonyl (C=O) groups excluding carboxylic acids is 3. The van der Waals surface area contributed by atoms with Crippen molar-refractivity contribution >= 4 is 17.9 Å². The summed E-state index contributed by atoms with van der Waals surface area (Å²) in [5.41, 5.74) is 0. The van der Waals surface area contributed by atoms with E-state index in [0.29, 0.717) is 19.3 Å². The van der Waals surface area contributed by atoms with Gasteiger partial charge in [0.15, 0.2) is 6.10 Å². The minimum Gasteiger partial charge on any atom is -0.462 e. The van der Waals surface area contributed by atoms with Crippen LogP contribution >= 0.6 is 0 Å². The third-order valence-electron chi connectivity index (χ3n) is 12.6. The maximum absolute atomic E-state index is 12.8. The molecule has 0 heterocycles. The molecule has 0 N–H and O–H groups in total. The Morgan fingerprint density at radius 2 is 0.549 bits per heavy atom. The fraction of sp³-hybridized carbons (Fsp3) is 0.708. The molecular formula is C65H110O6. The normalized spacial score (nSPS) is 12.8. The van der Waals surface area contributed by atoms with Gasteiger partial charge in [0.2, 0.25) is 0 Å². The molecule has 0 bridgehead atoms. The maximum atomic E-state index is 12.8. The van der Waals surface area contributed by atoms with E-state index in [-0.39, 0.29) is 31.1 Å². The lowest BCUT2D eigenvalue weighted by atomic mass is 10.1. The molecule has 1 unspecified atom stereocenters. The predicted molar refractivity (Wildman–Crippen MR) is 307 cm³/mol. The molecule has 1 atom stereocenters. The number of allylic oxidation sites excluding steroid dienone is 16. The molecule has 6 heteroatoms. The number of esters is 3. The SMILES string of the molecule is CC/C=C\C/C=C\C/C=C\C/C=C\C/C=C\C/C=C\CCCCCCCCCCC(=O)OCC(COC(=O)CCCCCCCCCCCC)OC(=O)CCCCCCC/C=C\C/C=C\CCCCCC. The quantitative estimate of drug-likeness (QED) is 0.0261. The van der Waals surface area contributed by atoms with Gasteiger partial charge in [0, 0.05) is 19.3 Å². The average Bonchev–Trinajstić information content (AvgIpc) is 3.37. The van der Waals surface area contributed by atoms with E-state index in [9.17, 15) is 14.4 Å². The predicted octanol–water partition coefficient (Wildman–Crippen LogP) is 20.1. The van der Waals surface area contributed by atoms with Crippen LogP contribution in [-0.4, -0.2) is 37.2 Å². The first-order chi connectivity index (χ1) is 35.0. The smallest absolute Gasteiger partial charge is 0.306 e. The molecule has 6 nitrogen and oxygen atoms in total.